The van der Waals surface area contributed by atoms with Crippen LogP contribution in [-0.2, 0) is 34.0 Å². The van der Waals surface area contributed by atoms with Crippen molar-refractivity contribution in [2.24, 2.45) is 5.92 Å². The number of nitrogens with zero attached hydrogens (tertiary/aromatic N) is 2. The number of aromatic nitrogens is 2. The molecule has 3 aromatic rings. The summed E-state index contributed by atoms with van der Waals surface area (Å²) in [5.74, 6) is -1.96. The topological polar surface area (TPSA) is 168 Å². The molecule has 1 heterocycles. The number of carbonyl (C=O) groups is 3. The Bertz CT molecular complexity index is 1900. The van der Waals surface area contributed by atoms with Gasteiger partial charge in [-0.05, 0) is 75.9 Å². The van der Waals surface area contributed by atoms with Gasteiger partial charge in [-0.3, -0.25) is 24.3 Å². The fourth-order valence-corrected chi connectivity index (χ4v) is 6.78. The van der Waals surface area contributed by atoms with Crippen LogP contribution in [0.2, 0.25) is 5.15 Å². The Morgan fingerprint density at radius 2 is 1.60 bits per heavy atom. The van der Waals surface area contributed by atoms with E-state index in [2.05, 4.69) is 20.9 Å². The lowest BCUT2D eigenvalue weighted by Crippen LogP contribution is -2.44. The van der Waals surface area contributed by atoms with E-state index in [9.17, 15) is 40.8 Å². The number of amides is 4. The molecule has 4 amide bonds. The Balaban J connectivity index is 1.58. The van der Waals surface area contributed by atoms with Crippen LogP contribution in [0.3, 0.4) is 0 Å². The molecule has 2 aromatic carbocycles. The summed E-state index contributed by atoms with van der Waals surface area (Å²) in [5.41, 5.74) is -2.61. The summed E-state index contributed by atoms with van der Waals surface area (Å²) in [6, 6.07) is 7.29. The highest BCUT2D eigenvalue weighted by molar-refractivity contribution is 7.90. The second-order valence-corrected chi connectivity index (χ2v) is 15.1. The molecule has 1 fully saturated rings. The Morgan fingerprint density at radius 3 is 2.22 bits per heavy atom. The van der Waals surface area contributed by atoms with Crippen molar-refractivity contribution < 1.29 is 36.0 Å². The summed E-state index contributed by atoms with van der Waals surface area (Å²) < 4.78 is 67.4. The number of rotatable bonds is 10. The molecule has 1 aliphatic carbocycles. The van der Waals surface area contributed by atoms with Crippen LogP contribution in [-0.4, -0.2) is 41.4 Å². The number of nitrogens with one attached hydrogen (secondary N) is 4. The first kappa shape index (κ1) is 38.4. The molecule has 0 bridgehead atoms. The second-order valence-electron chi connectivity index (χ2n) is 13.0. The Kier molecular flexibility index (Phi) is 12.0. The minimum atomic E-state index is -4.69. The highest BCUT2D eigenvalue weighted by atomic mass is 35.5. The molecule has 270 valence electrons. The summed E-state index contributed by atoms with van der Waals surface area (Å²) in [4.78, 5) is 56.3. The van der Waals surface area contributed by atoms with Crippen molar-refractivity contribution in [2.45, 2.75) is 88.9 Å². The quantitative estimate of drug-likeness (QED) is 0.195. The van der Waals surface area contributed by atoms with Crippen molar-refractivity contribution in [3.8, 4) is 0 Å². The van der Waals surface area contributed by atoms with Crippen LogP contribution in [0.4, 0.5) is 29.5 Å². The largest absolute Gasteiger partial charge is 0.416 e. The molecule has 0 atom stereocenters. The summed E-state index contributed by atoms with van der Waals surface area (Å²) in [6.07, 6.45) is 1.72. The standard InChI is InChI=1S/C33H38ClF3N6O6S/c1-32(2,3)41-31(47)40-28-30(46)43(25(27(34)39-28)18-13-20-9-5-4-6-10-20)19-26(44)38-24-12-8-7-11-23(24)29(45)42-50(48,49)22-16-14-21(15-17-22)33(35,36)37/h7-8,11-12,14-17,20H,4-6,9-10,13,18-19H2,1-3H3,(H,38,44)(H,42,45)(H2,39,40,41,47). The van der Waals surface area contributed by atoms with E-state index in [1.54, 1.807) is 25.5 Å². The number of hydrogen-bond acceptors (Lipinski definition) is 7. The third-order valence-corrected chi connectivity index (χ3v) is 9.57. The van der Waals surface area contributed by atoms with E-state index in [4.69, 9.17) is 11.6 Å². The zero-order chi connectivity index (χ0) is 36.9. The average molecular weight is 739 g/mol. The number of anilines is 2. The molecule has 50 heavy (non-hydrogen) atoms. The minimum Gasteiger partial charge on any atom is -0.333 e. The van der Waals surface area contributed by atoms with Crippen molar-refractivity contribution in [1.82, 2.24) is 19.6 Å². The van der Waals surface area contributed by atoms with Crippen LogP contribution in [0, 0.1) is 5.92 Å². The third-order valence-electron chi connectivity index (χ3n) is 7.92. The van der Waals surface area contributed by atoms with Crippen LogP contribution in [0.15, 0.2) is 58.2 Å². The van der Waals surface area contributed by atoms with E-state index in [0.29, 0.717) is 43.0 Å². The maximum atomic E-state index is 13.7. The number of alkyl halides is 3. The molecule has 4 N–H and O–H groups in total. The Morgan fingerprint density at radius 1 is 0.960 bits per heavy atom. The lowest BCUT2D eigenvalue weighted by molar-refractivity contribution is -0.137. The fourth-order valence-electron chi connectivity index (χ4n) is 5.54. The van der Waals surface area contributed by atoms with E-state index in [0.717, 1.165) is 36.7 Å². The number of para-hydroxylation sites is 1. The molecular formula is C33H38ClF3N6O6S. The lowest BCUT2D eigenvalue weighted by atomic mass is 9.86. The summed E-state index contributed by atoms with van der Waals surface area (Å²) in [7, 11) is -4.61. The van der Waals surface area contributed by atoms with Gasteiger partial charge in [0.2, 0.25) is 11.7 Å². The van der Waals surface area contributed by atoms with Crippen molar-refractivity contribution in [2.75, 3.05) is 10.6 Å². The van der Waals surface area contributed by atoms with Gasteiger partial charge in [-0.15, -0.1) is 0 Å². The number of benzene rings is 2. The third kappa shape index (κ3) is 10.3. The van der Waals surface area contributed by atoms with Crippen LogP contribution in [0.5, 0.6) is 0 Å². The zero-order valence-corrected chi connectivity index (χ0v) is 29.2. The number of hydrogen-bond donors (Lipinski definition) is 4. The van der Waals surface area contributed by atoms with Gasteiger partial charge in [0.15, 0.2) is 5.15 Å². The van der Waals surface area contributed by atoms with Gasteiger partial charge in [-0.25, -0.2) is 22.9 Å². The predicted molar refractivity (Wildman–Crippen MR) is 181 cm³/mol. The molecule has 17 heteroatoms. The van der Waals surface area contributed by atoms with Crippen LogP contribution in [0.1, 0.15) is 80.9 Å². The maximum absolute atomic E-state index is 13.7. The number of carbonyl (C=O) groups excluding carboxylic acids is 3. The van der Waals surface area contributed by atoms with E-state index < -0.39 is 68.0 Å². The monoisotopic (exact) mass is 738 g/mol. The molecule has 12 nitrogen and oxygen atoms in total. The van der Waals surface area contributed by atoms with Crippen LogP contribution >= 0.6 is 11.6 Å². The van der Waals surface area contributed by atoms with Gasteiger partial charge >= 0.3 is 12.2 Å². The first-order valence-electron chi connectivity index (χ1n) is 15.9. The van der Waals surface area contributed by atoms with E-state index in [-0.39, 0.29) is 22.1 Å². The van der Waals surface area contributed by atoms with Gasteiger partial charge in [-0.2, -0.15) is 13.2 Å². The second kappa shape index (κ2) is 15.6. The normalized spacial score (nSPS) is 14.1. The molecule has 0 radical (unpaired) electrons. The summed E-state index contributed by atoms with van der Waals surface area (Å²) in [6.45, 7) is 4.63. The average Bonchev–Trinajstić information content (AvgIpc) is 3.02. The van der Waals surface area contributed by atoms with Gasteiger partial charge in [0.1, 0.15) is 6.54 Å². The van der Waals surface area contributed by atoms with Gasteiger partial charge in [0.25, 0.3) is 21.5 Å². The zero-order valence-electron chi connectivity index (χ0n) is 27.6. The van der Waals surface area contributed by atoms with E-state index in [1.165, 1.54) is 24.3 Å². The van der Waals surface area contributed by atoms with Gasteiger partial charge in [-0.1, -0.05) is 55.8 Å². The molecule has 1 aromatic heterocycles. The van der Waals surface area contributed by atoms with Crippen LogP contribution < -0.4 is 26.2 Å². The minimum absolute atomic E-state index is 0.0764. The fraction of sp³-hybridized carbons (Fsp3) is 0.424. The molecule has 1 saturated carbocycles. The number of halogens is 4. The highest BCUT2D eigenvalue weighted by Gasteiger charge is 2.31. The van der Waals surface area contributed by atoms with Gasteiger partial charge in [0, 0.05) is 5.54 Å². The van der Waals surface area contributed by atoms with Crippen molar-refractivity contribution >= 4 is 51.0 Å². The molecule has 4 rings (SSSR count). The predicted octanol–water partition coefficient (Wildman–Crippen LogP) is 6.11. The first-order valence-corrected chi connectivity index (χ1v) is 17.7. The molecule has 1 aliphatic rings. The molecular weight excluding hydrogens is 701 g/mol. The molecule has 0 unspecified atom stereocenters. The smallest absolute Gasteiger partial charge is 0.333 e. The van der Waals surface area contributed by atoms with Crippen LogP contribution in [0.25, 0.3) is 0 Å². The van der Waals surface area contributed by atoms with E-state index in [1.807, 2.05) is 0 Å². The van der Waals surface area contributed by atoms with Gasteiger partial charge < -0.3 is 10.6 Å². The lowest BCUT2D eigenvalue weighted by Gasteiger charge is -2.23. The summed E-state index contributed by atoms with van der Waals surface area (Å²) in [5, 5.41) is 7.49. The maximum Gasteiger partial charge on any atom is 0.416 e. The number of sulfonamides is 1. The van der Waals surface area contributed by atoms with Crippen molar-refractivity contribution in [1.29, 1.82) is 0 Å². The molecule has 0 aliphatic heterocycles. The highest BCUT2D eigenvalue weighted by Crippen LogP contribution is 2.30. The van der Waals surface area contributed by atoms with Crippen molar-refractivity contribution in [3.05, 3.63) is 80.9 Å². The van der Waals surface area contributed by atoms with Gasteiger partial charge in [0.05, 0.1) is 27.4 Å². The number of urea groups is 1. The van der Waals surface area contributed by atoms with E-state index >= 15 is 0 Å². The molecule has 0 spiro atoms. The Labute approximate surface area is 292 Å². The Hall–Kier alpha value is -4.44. The summed E-state index contributed by atoms with van der Waals surface area (Å²) >= 11 is 6.55. The molecule has 0 saturated heterocycles. The SMILES string of the molecule is CC(C)(C)NC(=O)Nc1nc(Cl)c(CCC2CCCCC2)n(CC(=O)Nc2ccccc2C(=O)NS(=O)(=O)c2ccc(C(F)(F)F)cc2)c1=O. The van der Waals surface area contributed by atoms with Crippen molar-refractivity contribution in [3.63, 3.8) is 0 Å². The first-order chi connectivity index (χ1) is 23.3.